The Morgan fingerprint density at radius 2 is 1.72 bits per heavy atom. The topological polar surface area (TPSA) is 60.0 Å². The van der Waals surface area contributed by atoms with Gasteiger partial charge in [0.05, 0.1) is 0 Å². The van der Waals surface area contributed by atoms with Crippen LogP contribution in [0.5, 0.6) is 0 Å². The first-order valence-corrected chi connectivity index (χ1v) is 9.61. The van der Waals surface area contributed by atoms with Gasteiger partial charge < -0.3 is 15.5 Å². The van der Waals surface area contributed by atoms with E-state index in [2.05, 4.69) is 20.5 Å². The minimum absolute atomic E-state index is 0. The Bertz CT molecular complexity index is 404. The normalized spacial score (nSPS) is 19.6. The highest BCUT2D eigenvalue weighted by Gasteiger charge is 2.18. The monoisotopic (exact) mass is 465 g/mol. The number of nitrogens with one attached hydrogen (secondary N) is 2. The number of aliphatic imine (C=N–C) groups is 1. The third-order valence-corrected chi connectivity index (χ3v) is 5.32. The average molecular weight is 465 g/mol. The summed E-state index contributed by atoms with van der Waals surface area (Å²) in [4.78, 5) is 20.0. The van der Waals surface area contributed by atoms with Crippen molar-refractivity contribution in [2.45, 2.75) is 45.4 Å². The molecule has 1 saturated heterocycles. The fraction of sp³-hybridized carbons (Fsp3) is 0.889. The smallest absolute Gasteiger partial charge is 0.219 e. The molecule has 7 heteroatoms. The van der Waals surface area contributed by atoms with Crippen molar-refractivity contribution in [3.05, 3.63) is 0 Å². The molecule has 0 aromatic rings. The molecular formula is C18H36IN5O. The standard InChI is InChI=1S/C18H35N5O.HI/c1-16(24)23-14-12-22(13-15-23)11-10-21-18(19-2)20-9-5-8-17-6-3-4-7-17;/h17H,3-15H2,1-2H3,(H2,19,20,21);1H. The molecule has 0 bridgehead atoms. The molecule has 0 aromatic carbocycles. The maximum atomic E-state index is 11.3. The third-order valence-electron chi connectivity index (χ3n) is 5.32. The van der Waals surface area contributed by atoms with Crippen molar-refractivity contribution in [3.8, 4) is 0 Å². The molecule has 1 amide bonds. The van der Waals surface area contributed by atoms with Gasteiger partial charge in [0.1, 0.15) is 0 Å². The van der Waals surface area contributed by atoms with Gasteiger partial charge >= 0.3 is 0 Å². The van der Waals surface area contributed by atoms with Crippen molar-refractivity contribution in [2.75, 3.05) is 52.9 Å². The summed E-state index contributed by atoms with van der Waals surface area (Å²) >= 11 is 0. The van der Waals surface area contributed by atoms with Crippen LogP contribution in [0.2, 0.25) is 0 Å². The summed E-state index contributed by atoms with van der Waals surface area (Å²) in [6.45, 7) is 8.18. The predicted molar refractivity (Wildman–Crippen MR) is 115 cm³/mol. The predicted octanol–water partition coefficient (Wildman–Crippen LogP) is 1.90. The maximum Gasteiger partial charge on any atom is 0.219 e. The summed E-state index contributed by atoms with van der Waals surface area (Å²) in [5.41, 5.74) is 0. The summed E-state index contributed by atoms with van der Waals surface area (Å²) < 4.78 is 0. The van der Waals surface area contributed by atoms with E-state index < -0.39 is 0 Å². The molecule has 1 aliphatic heterocycles. The van der Waals surface area contributed by atoms with Crippen LogP contribution in [0.1, 0.15) is 45.4 Å². The summed E-state index contributed by atoms with van der Waals surface area (Å²) in [7, 11) is 1.83. The number of guanidine groups is 1. The van der Waals surface area contributed by atoms with E-state index in [1.54, 1.807) is 6.92 Å². The quantitative estimate of drug-likeness (QED) is 0.261. The summed E-state index contributed by atoms with van der Waals surface area (Å²) in [6.07, 6.45) is 8.32. The van der Waals surface area contributed by atoms with E-state index in [0.29, 0.717) is 0 Å². The van der Waals surface area contributed by atoms with Crippen LogP contribution in [0.4, 0.5) is 0 Å². The molecule has 1 aliphatic carbocycles. The van der Waals surface area contributed by atoms with Crippen LogP contribution in [0.15, 0.2) is 4.99 Å². The number of nitrogens with zero attached hydrogens (tertiary/aromatic N) is 3. The van der Waals surface area contributed by atoms with Crippen LogP contribution < -0.4 is 10.6 Å². The maximum absolute atomic E-state index is 11.3. The van der Waals surface area contributed by atoms with E-state index in [-0.39, 0.29) is 29.9 Å². The van der Waals surface area contributed by atoms with E-state index in [0.717, 1.165) is 57.7 Å². The fourth-order valence-corrected chi connectivity index (χ4v) is 3.74. The number of carbonyl (C=O) groups is 1. The molecule has 2 fully saturated rings. The van der Waals surface area contributed by atoms with Crippen LogP contribution in [0, 0.1) is 5.92 Å². The lowest BCUT2D eigenvalue weighted by atomic mass is 10.0. The van der Waals surface area contributed by atoms with Gasteiger partial charge in [0, 0.05) is 59.8 Å². The second-order valence-corrected chi connectivity index (χ2v) is 7.07. The molecule has 1 heterocycles. The Balaban J connectivity index is 0.00000312. The molecular weight excluding hydrogens is 429 g/mol. The molecule has 2 N–H and O–H groups in total. The van der Waals surface area contributed by atoms with Gasteiger partial charge in [-0.15, -0.1) is 24.0 Å². The Labute approximate surface area is 170 Å². The summed E-state index contributed by atoms with van der Waals surface area (Å²) in [6, 6.07) is 0. The summed E-state index contributed by atoms with van der Waals surface area (Å²) in [5, 5.41) is 6.82. The van der Waals surface area contributed by atoms with E-state index in [1.807, 2.05) is 11.9 Å². The van der Waals surface area contributed by atoms with Gasteiger partial charge in [-0.2, -0.15) is 0 Å². The molecule has 2 aliphatic rings. The van der Waals surface area contributed by atoms with Crippen LogP contribution in [0.25, 0.3) is 0 Å². The zero-order valence-electron chi connectivity index (χ0n) is 15.9. The zero-order chi connectivity index (χ0) is 17.2. The lowest BCUT2D eigenvalue weighted by molar-refractivity contribution is -0.130. The molecule has 0 radical (unpaired) electrons. The largest absolute Gasteiger partial charge is 0.356 e. The first-order valence-electron chi connectivity index (χ1n) is 9.61. The first kappa shape index (κ1) is 22.5. The number of hydrogen-bond acceptors (Lipinski definition) is 3. The van der Waals surface area contributed by atoms with Crippen molar-refractivity contribution in [3.63, 3.8) is 0 Å². The minimum atomic E-state index is 0. The van der Waals surface area contributed by atoms with Crippen molar-refractivity contribution in [1.82, 2.24) is 20.4 Å². The minimum Gasteiger partial charge on any atom is -0.356 e. The van der Waals surface area contributed by atoms with Crippen LogP contribution >= 0.6 is 24.0 Å². The number of carbonyl (C=O) groups excluding carboxylic acids is 1. The van der Waals surface area contributed by atoms with Crippen LogP contribution in [0.3, 0.4) is 0 Å². The molecule has 0 atom stereocenters. The van der Waals surface area contributed by atoms with Crippen LogP contribution in [-0.2, 0) is 4.79 Å². The second-order valence-electron chi connectivity index (χ2n) is 7.07. The number of hydrogen-bond donors (Lipinski definition) is 2. The molecule has 25 heavy (non-hydrogen) atoms. The highest BCUT2D eigenvalue weighted by molar-refractivity contribution is 14.0. The van der Waals surface area contributed by atoms with Gasteiger partial charge in [-0.3, -0.25) is 14.7 Å². The van der Waals surface area contributed by atoms with Gasteiger partial charge in [-0.25, -0.2) is 0 Å². The molecule has 6 nitrogen and oxygen atoms in total. The van der Waals surface area contributed by atoms with Gasteiger partial charge in [-0.1, -0.05) is 25.7 Å². The molecule has 2 rings (SSSR count). The number of halogens is 1. The SMILES string of the molecule is CN=C(NCCCC1CCCC1)NCCN1CCN(C(C)=O)CC1.I. The van der Waals surface area contributed by atoms with Gasteiger partial charge in [-0.05, 0) is 18.8 Å². The highest BCUT2D eigenvalue weighted by Crippen LogP contribution is 2.28. The summed E-state index contributed by atoms with van der Waals surface area (Å²) in [5.74, 6) is 2.06. The zero-order valence-corrected chi connectivity index (χ0v) is 18.3. The van der Waals surface area contributed by atoms with Crippen LogP contribution in [-0.4, -0.2) is 74.5 Å². The number of piperazine rings is 1. The van der Waals surface area contributed by atoms with Crippen molar-refractivity contribution in [1.29, 1.82) is 0 Å². The third kappa shape index (κ3) is 8.57. The first-order chi connectivity index (χ1) is 11.7. The molecule has 146 valence electrons. The molecule has 0 unspecified atom stereocenters. The van der Waals surface area contributed by atoms with Gasteiger partial charge in [0.15, 0.2) is 5.96 Å². The van der Waals surface area contributed by atoms with Crippen molar-refractivity contribution >= 4 is 35.8 Å². The highest BCUT2D eigenvalue weighted by atomic mass is 127. The molecule has 0 spiro atoms. The Hall–Kier alpha value is -0.570. The number of rotatable bonds is 7. The Morgan fingerprint density at radius 1 is 1.08 bits per heavy atom. The second kappa shape index (κ2) is 12.7. The lowest BCUT2D eigenvalue weighted by Gasteiger charge is -2.34. The lowest BCUT2D eigenvalue weighted by Crippen LogP contribution is -2.50. The Kier molecular flexibility index (Phi) is 11.4. The molecule has 1 saturated carbocycles. The van der Waals surface area contributed by atoms with E-state index in [9.17, 15) is 4.79 Å². The average Bonchev–Trinajstić information content (AvgIpc) is 3.11. The van der Waals surface area contributed by atoms with Gasteiger partial charge in [0.25, 0.3) is 0 Å². The van der Waals surface area contributed by atoms with E-state index >= 15 is 0 Å². The van der Waals surface area contributed by atoms with Crippen molar-refractivity contribution in [2.24, 2.45) is 10.9 Å². The van der Waals surface area contributed by atoms with E-state index in [4.69, 9.17) is 0 Å². The fourth-order valence-electron chi connectivity index (χ4n) is 3.74. The Morgan fingerprint density at radius 3 is 2.32 bits per heavy atom. The van der Waals surface area contributed by atoms with Gasteiger partial charge in [0.2, 0.25) is 5.91 Å². The van der Waals surface area contributed by atoms with Crippen molar-refractivity contribution < 1.29 is 4.79 Å². The van der Waals surface area contributed by atoms with E-state index in [1.165, 1.54) is 38.5 Å². The number of amides is 1. The molecule has 0 aromatic heterocycles.